The van der Waals surface area contributed by atoms with E-state index in [-0.39, 0.29) is 17.9 Å². The minimum atomic E-state index is -0.0810. The van der Waals surface area contributed by atoms with Crippen molar-refractivity contribution in [1.29, 1.82) is 0 Å². The fourth-order valence-electron chi connectivity index (χ4n) is 1.57. The number of aromatic nitrogens is 1. The first-order valence-corrected chi connectivity index (χ1v) is 5.71. The average Bonchev–Trinajstić information content (AvgIpc) is 2.40. The summed E-state index contributed by atoms with van der Waals surface area (Å²) in [5.41, 5.74) is 1.00. The second-order valence-corrected chi connectivity index (χ2v) is 3.97. The number of nitrogens with zero attached hydrogens (tertiary/aromatic N) is 1. The first-order chi connectivity index (χ1) is 8.74. The highest BCUT2D eigenvalue weighted by Crippen LogP contribution is 1.97. The summed E-state index contributed by atoms with van der Waals surface area (Å²) in [6.07, 6.45) is 3.20. The zero-order valence-corrected chi connectivity index (χ0v) is 9.87. The Morgan fingerprint density at radius 3 is 2.39 bits per heavy atom. The molecule has 0 spiro atoms. The maximum absolute atomic E-state index is 11.7. The molecule has 0 aliphatic rings. The van der Waals surface area contributed by atoms with Crippen LogP contribution < -0.4 is 10.7 Å². The highest BCUT2D eigenvalue weighted by molar-refractivity contribution is 5.75. The Morgan fingerprint density at radius 2 is 1.72 bits per heavy atom. The van der Waals surface area contributed by atoms with Crippen LogP contribution in [0, 0.1) is 0 Å². The molecule has 1 aromatic carbocycles. The lowest BCUT2D eigenvalue weighted by Crippen LogP contribution is -2.27. The van der Waals surface area contributed by atoms with E-state index in [1.807, 2.05) is 30.3 Å². The SMILES string of the molecule is O=C(Cn1ccc(=O)cc1)NCc1ccccc1. The summed E-state index contributed by atoms with van der Waals surface area (Å²) in [5, 5.41) is 2.82. The molecule has 1 aromatic heterocycles. The summed E-state index contributed by atoms with van der Waals surface area (Å²) in [5.74, 6) is -0.0810. The summed E-state index contributed by atoms with van der Waals surface area (Å²) in [4.78, 5) is 22.6. The largest absolute Gasteiger partial charge is 0.350 e. The van der Waals surface area contributed by atoms with Crippen molar-refractivity contribution >= 4 is 5.91 Å². The standard InChI is InChI=1S/C14H14N2O2/c17-13-6-8-16(9-7-13)11-14(18)15-10-12-4-2-1-3-5-12/h1-9H,10-11H2,(H,15,18). The van der Waals surface area contributed by atoms with E-state index in [0.29, 0.717) is 6.54 Å². The Kier molecular flexibility index (Phi) is 3.91. The molecule has 0 radical (unpaired) electrons. The van der Waals surface area contributed by atoms with Crippen molar-refractivity contribution in [3.63, 3.8) is 0 Å². The Morgan fingerprint density at radius 1 is 1.06 bits per heavy atom. The van der Waals surface area contributed by atoms with Crippen LogP contribution >= 0.6 is 0 Å². The molecule has 92 valence electrons. The monoisotopic (exact) mass is 242 g/mol. The highest BCUT2D eigenvalue weighted by Gasteiger charge is 2.01. The van der Waals surface area contributed by atoms with Crippen LogP contribution in [-0.4, -0.2) is 10.5 Å². The molecular formula is C14H14N2O2. The zero-order valence-electron chi connectivity index (χ0n) is 9.87. The number of rotatable bonds is 4. The number of carbonyl (C=O) groups is 1. The Hall–Kier alpha value is -2.36. The summed E-state index contributed by atoms with van der Waals surface area (Å²) in [6, 6.07) is 12.6. The van der Waals surface area contributed by atoms with Gasteiger partial charge < -0.3 is 9.88 Å². The third-order valence-electron chi connectivity index (χ3n) is 2.52. The van der Waals surface area contributed by atoms with Crippen molar-refractivity contribution in [1.82, 2.24) is 9.88 Å². The van der Waals surface area contributed by atoms with E-state index in [1.54, 1.807) is 17.0 Å². The van der Waals surface area contributed by atoms with Gasteiger partial charge in [0.25, 0.3) is 0 Å². The van der Waals surface area contributed by atoms with E-state index in [1.165, 1.54) is 12.1 Å². The van der Waals surface area contributed by atoms with Crippen LogP contribution in [-0.2, 0) is 17.9 Å². The molecule has 1 N–H and O–H groups in total. The molecule has 18 heavy (non-hydrogen) atoms. The number of hydrogen-bond acceptors (Lipinski definition) is 2. The molecule has 0 saturated heterocycles. The van der Waals surface area contributed by atoms with Gasteiger partial charge in [0.05, 0.1) is 0 Å². The molecule has 0 atom stereocenters. The first-order valence-electron chi connectivity index (χ1n) is 5.71. The molecule has 2 aromatic rings. The summed E-state index contributed by atoms with van der Waals surface area (Å²) in [6.45, 7) is 0.729. The van der Waals surface area contributed by atoms with Gasteiger partial charge >= 0.3 is 0 Å². The molecule has 0 aliphatic heterocycles. The molecule has 4 heteroatoms. The molecule has 0 aliphatic carbocycles. The fraction of sp³-hybridized carbons (Fsp3) is 0.143. The van der Waals surface area contributed by atoms with Crippen LogP contribution in [0.3, 0.4) is 0 Å². The third-order valence-corrected chi connectivity index (χ3v) is 2.52. The number of carbonyl (C=O) groups excluding carboxylic acids is 1. The Balaban J connectivity index is 1.86. The van der Waals surface area contributed by atoms with Crippen LogP contribution in [0.2, 0.25) is 0 Å². The molecule has 4 nitrogen and oxygen atoms in total. The minimum Gasteiger partial charge on any atom is -0.350 e. The summed E-state index contributed by atoms with van der Waals surface area (Å²) in [7, 11) is 0. The second-order valence-electron chi connectivity index (χ2n) is 3.97. The van der Waals surface area contributed by atoms with Crippen LogP contribution in [0.5, 0.6) is 0 Å². The molecule has 2 rings (SSSR count). The number of pyridine rings is 1. The van der Waals surface area contributed by atoms with E-state index in [9.17, 15) is 9.59 Å². The topological polar surface area (TPSA) is 51.1 Å². The predicted octanol–water partition coefficient (Wildman–Crippen LogP) is 1.16. The van der Waals surface area contributed by atoms with Crippen LogP contribution in [0.25, 0.3) is 0 Å². The van der Waals surface area contributed by atoms with E-state index in [0.717, 1.165) is 5.56 Å². The molecule has 0 unspecified atom stereocenters. The van der Waals surface area contributed by atoms with Crippen molar-refractivity contribution in [3.05, 3.63) is 70.6 Å². The van der Waals surface area contributed by atoms with Gasteiger partial charge in [0, 0.05) is 31.1 Å². The van der Waals surface area contributed by atoms with Gasteiger partial charge in [-0.1, -0.05) is 30.3 Å². The lowest BCUT2D eigenvalue weighted by Gasteiger charge is -2.07. The third kappa shape index (κ3) is 3.59. The lowest BCUT2D eigenvalue weighted by molar-refractivity contribution is -0.121. The maximum atomic E-state index is 11.7. The Labute approximate surface area is 105 Å². The van der Waals surface area contributed by atoms with Crippen LogP contribution in [0.15, 0.2) is 59.7 Å². The predicted molar refractivity (Wildman–Crippen MR) is 69.0 cm³/mol. The van der Waals surface area contributed by atoms with E-state index in [4.69, 9.17) is 0 Å². The van der Waals surface area contributed by atoms with Crippen molar-refractivity contribution < 1.29 is 4.79 Å². The van der Waals surface area contributed by atoms with Gasteiger partial charge in [-0.2, -0.15) is 0 Å². The molecular weight excluding hydrogens is 228 g/mol. The van der Waals surface area contributed by atoms with Gasteiger partial charge in [-0.15, -0.1) is 0 Å². The average molecular weight is 242 g/mol. The molecule has 0 fully saturated rings. The Bertz CT molecular complexity index is 555. The van der Waals surface area contributed by atoms with E-state index >= 15 is 0 Å². The normalized spacial score (nSPS) is 10.0. The molecule has 0 bridgehead atoms. The van der Waals surface area contributed by atoms with Gasteiger partial charge in [0.1, 0.15) is 6.54 Å². The number of nitrogens with one attached hydrogen (secondary N) is 1. The van der Waals surface area contributed by atoms with Gasteiger partial charge in [0.2, 0.25) is 5.91 Å². The van der Waals surface area contributed by atoms with Gasteiger partial charge in [-0.25, -0.2) is 0 Å². The van der Waals surface area contributed by atoms with Crippen molar-refractivity contribution in [3.8, 4) is 0 Å². The van der Waals surface area contributed by atoms with Crippen molar-refractivity contribution in [2.24, 2.45) is 0 Å². The summed E-state index contributed by atoms with van der Waals surface area (Å²) < 4.78 is 1.67. The highest BCUT2D eigenvalue weighted by atomic mass is 16.2. The summed E-state index contributed by atoms with van der Waals surface area (Å²) >= 11 is 0. The second kappa shape index (κ2) is 5.82. The molecule has 1 amide bonds. The van der Waals surface area contributed by atoms with Crippen LogP contribution in [0.1, 0.15) is 5.56 Å². The molecule has 0 saturated carbocycles. The van der Waals surface area contributed by atoms with Crippen molar-refractivity contribution in [2.45, 2.75) is 13.1 Å². The van der Waals surface area contributed by atoms with Crippen molar-refractivity contribution in [2.75, 3.05) is 0 Å². The number of hydrogen-bond donors (Lipinski definition) is 1. The molecule has 1 heterocycles. The van der Waals surface area contributed by atoms with E-state index in [2.05, 4.69) is 5.32 Å². The lowest BCUT2D eigenvalue weighted by atomic mass is 10.2. The first kappa shape index (κ1) is 12.1. The maximum Gasteiger partial charge on any atom is 0.240 e. The zero-order chi connectivity index (χ0) is 12.8. The van der Waals surface area contributed by atoms with Crippen LogP contribution in [0.4, 0.5) is 0 Å². The number of amides is 1. The quantitative estimate of drug-likeness (QED) is 0.874. The minimum absolute atomic E-state index is 0.0593. The smallest absolute Gasteiger partial charge is 0.240 e. The van der Waals surface area contributed by atoms with Gasteiger partial charge in [-0.3, -0.25) is 9.59 Å². The van der Waals surface area contributed by atoms with E-state index < -0.39 is 0 Å². The number of benzene rings is 1. The van der Waals surface area contributed by atoms with Gasteiger partial charge in [0.15, 0.2) is 5.43 Å². The fourth-order valence-corrected chi connectivity index (χ4v) is 1.57. The van der Waals surface area contributed by atoms with Gasteiger partial charge in [-0.05, 0) is 5.56 Å².